The summed E-state index contributed by atoms with van der Waals surface area (Å²) in [5, 5.41) is 0.500. The molecule has 3 nitrogen and oxygen atoms in total. The number of benzene rings is 2. The molecule has 0 saturated carbocycles. The van der Waals surface area contributed by atoms with Crippen molar-refractivity contribution in [3.05, 3.63) is 64.4 Å². The number of amides is 1. The van der Waals surface area contributed by atoms with Gasteiger partial charge in [-0.15, -0.1) is 11.8 Å². The molecule has 2 fully saturated rings. The Morgan fingerprint density at radius 1 is 1.12 bits per heavy atom. The minimum absolute atomic E-state index is 0.0185. The van der Waals surface area contributed by atoms with Crippen LogP contribution in [-0.4, -0.2) is 27.7 Å². The fraction of sp³-hybridized carbons (Fsp3) is 0.176. The Bertz CT molecular complexity index is 812. The molecular weight excluding hydrogens is 411 g/mol. The Labute approximate surface area is 156 Å². The van der Waals surface area contributed by atoms with Gasteiger partial charge in [0.05, 0.1) is 5.69 Å². The van der Waals surface area contributed by atoms with E-state index in [1.165, 1.54) is 17.0 Å². The van der Waals surface area contributed by atoms with Gasteiger partial charge < -0.3 is 4.90 Å². The van der Waals surface area contributed by atoms with Crippen molar-refractivity contribution in [1.82, 2.24) is 4.90 Å². The number of fused-ring (bicyclic) bond motifs is 1. The normalized spacial score (nSPS) is 23.1. The van der Waals surface area contributed by atoms with Crippen molar-refractivity contribution in [3.63, 3.8) is 0 Å². The number of carbonyl (C=O) groups is 1. The van der Waals surface area contributed by atoms with Crippen LogP contribution in [0.15, 0.2) is 53.0 Å². The summed E-state index contributed by atoms with van der Waals surface area (Å²) in [7, 11) is 0. The number of hydrogen-bond donors (Lipinski definition) is 0. The predicted molar refractivity (Wildman–Crippen MR) is 101 cm³/mol. The summed E-state index contributed by atoms with van der Waals surface area (Å²) in [5.74, 6) is 0.316. The van der Waals surface area contributed by atoms with Crippen molar-refractivity contribution < 1.29 is 9.18 Å². The summed E-state index contributed by atoms with van der Waals surface area (Å²) in [6.45, 7) is 0. The first-order valence-electron chi connectivity index (χ1n) is 7.35. The monoisotopic (exact) mass is 422 g/mol. The van der Waals surface area contributed by atoms with Crippen LogP contribution >= 0.6 is 39.9 Å². The third kappa shape index (κ3) is 2.55. The molecule has 0 aromatic heterocycles. The van der Waals surface area contributed by atoms with Crippen LogP contribution in [0.5, 0.6) is 0 Å². The summed E-state index contributed by atoms with van der Waals surface area (Å²) >= 11 is 10.7. The van der Waals surface area contributed by atoms with Crippen LogP contribution in [-0.2, 0) is 4.79 Å². The van der Waals surface area contributed by atoms with Crippen LogP contribution in [0.3, 0.4) is 0 Å². The summed E-state index contributed by atoms with van der Waals surface area (Å²) in [5.41, 5.74) is 1.72. The molecule has 2 aliphatic rings. The zero-order valence-corrected chi connectivity index (χ0v) is 15.6. The smallest absolute Gasteiger partial charge is 0.257 e. The largest absolute Gasteiger partial charge is 0.319 e. The molecule has 2 aromatic rings. The highest BCUT2D eigenvalue weighted by Gasteiger charge is 2.50. The van der Waals surface area contributed by atoms with E-state index in [0.29, 0.717) is 16.6 Å². The fourth-order valence-electron chi connectivity index (χ4n) is 3.00. The van der Waals surface area contributed by atoms with Crippen LogP contribution in [0, 0.1) is 5.82 Å². The first-order chi connectivity index (χ1) is 11.6. The van der Waals surface area contributed by atoms with E-state index in [2.05, 4.69) is 15.9 Å². The summed E-state index contributed by atoms with van der Waals surface area (Å²) in [6, 6.07) is 13.7. The molecule has 2 saturated heterocycles. The second kappa shape index (κ2) is 6.13. The highest BCUT2D eigenvalue weighted by molar-refractivity contribution is 9.10. The Kier molecular flexibility index (Phi) is 4.10. The first-order valence-corrected chi connectivity index (χ1v) is 9.60. The number of carbonyl (C=O) groups excluding carboxylic acids is 1. The molecule has 24 heavy (non-hydrogen) atoms. The van der Waals surface area contributed by atoms with Gasteiger partial charge in [0.15, 0.2) is 5.11 Å². The maximum atomic E-state index is 13.2. The molecule has 0 unspecified atom stereocenters. The number of thioether (sulfide) groups is 1. The van der Waals surface area contributed by atoms with E-state index in [1.54, 1.807) is 23.9 Å². The molecule has 0 radical (unpaired) electrons. The van der Waals surface area contributed by atoms with Crippen molar-refractivity contribution in [3.8, 4) is 0 Å². The molecule has 0 spiro atoms. The van der Waals surface area contributed by atoms with E-state index in [0.717, 1.165) is 10.0 Å². The lowest BCUT2D eigenvalue weighted by Crippen LogP contribution is -2.33. The molecule has 2 heterocycles. The second-order valence-electron chi connectivity index (χ2n) is 5.59. The van der Waals surface area contributed by atoms with Gasteiger partial charge in [0, 0.05) is 10.2 Å². The van der Waals surface area contributed by atoms with E-state index >= 15 is 0 Å². The minimum atomic E-state index is -0.333. The number of hydrogen-bond acceptors (Lipinski definition) is 3. The summed E-state index contributed by atoms with van der Waals surface area (Å²) in [4.78, 5) is 16.3. The van der Waals surface area contributed by atoms with Gasteiger partial charge in [-0.2, -0.15) is 0 Å². The molecule has 122 valence electrons. The van der Waals surface area contributed by atoms with E-state index in [4.69, 9.17) is 12.2 Å². The number of thiocarbonyl (C=S) groups is 1. The highest BCUT2D eigenvalue weighted by Crippen LogP contribution is 2.46. The molecular formula is C17H12BrFN2OS2. The van der Waals surface area contributed by atoms with E-state index in [1.807, 2.05) is 29.2 Å². The number of halogens is 2. The average Bonchev–Trinajstić information content (AvgIpc) is 3.11. The minimum Gasteiger partial charge on any atom is -0.319 e. The van der Waals surface area contributed by atoms with Crippen LogP contribution in [0.1, 0.15) is 10.9 Å². The van der Waals surface area contributed by atoms with Crippen LogP contribution in [0.4, 0.5) is 10.1 Å². The van der Waals surface area contributed by atoms with Gasteiger partial charge in [-0.3, -0.25) is 9.69 Å². The standard InChI is InChI=1S/C17H12BrFN2OS2/c18-11-3-1-10(2-4-11)16-21-14(9-24-16)15(22)20(17(21)23)13-7-5-12(19)6-8-13/h1-8,14,16H,9H2/t14-,16-/m0/s1. The third-order valence-electron chi connectivity index (χ3n) is 4.16. The maximum absolute atomic E-state index is 13.2. The molecule has 0 aliphatic carbocycles. The quantitative estimate of drug-likeness (QED) is 0.671. The van der Waals surface area contributed by atoms with Gasteiger partial charge in [0.25, 0.3) is 5.91 Å². The van der Waals surface area contributed by atoms with Gasteiger partial charge in [-0.1, -0.05) is 28.1 Å². The van der Waals surface area contributed by atoms with Crippen LogP contribution in [0.25, 0.3) is 0 Å². The fourth-order valence-corrected chi connectivity index (χ4v) is 5.18. The lowest BCUT2D eigenvalue weighted by Gasteiger charge is -2.25. The average molecular weight is 423 g/mol. The van der Waals surface area contributed by atoms with Gasteiger partial charge in [-0.25, -0.2) is 4.39 Å². The molecule has 7 heteroatoms. The predicted octanol–water partition coefficient (Wildman–Crippen LogP) is 4.34. The molecule has 0 bridgehead atoms. The Morgan fingerprint density at radius 2 is 1.79 bits per heavy atom. The van der Waals surface area contributed by atoms with Crippen molar-refractivity contribution in [2.24, 2.45) is 0 Å². The molecule has 2 aliphatic heterocycles. The zero-order valence-electron chi connectivity index (χ0n) is 12.4. The van der Waals surface area contributed by atoms with Crippen molar-refractivity contribution in [2.75, 3.05) is 10.7 Å². The van der Waals surface area contributed by atoms with Crippen molar-refractivity contribution in [1.29, 1.82) is 0 Å². The van der Waals surface area contributed by atoms with Gasteiger partial charge in [0.2, 0.25) is 0 Å². The number of nitrogens with zero attached hydrogens (tertiary/aromatic N) is 2. The van der Waals surface area contributed by atoms with Crippen LogP contribution in [0.2, 0.25) is 0 Å². The van der Waals surface area contributed by atoms with E-state index in [-0.39, 0.29) is 23.1 Å². The van der Waals surface area contributed by atoms with Gasteiger partial charge in [-0.05, 0) is 54.2 Å². The molecule has 4 rings (SSSR count). The van der Waals surface area contributed by atoms with Crippen molar-refractivity contribution >= 4 is 56.6 Å². The van der Waals surface area contributed by atoms with E-state index < -0.39 is 0 Å². The maximum Gasteiger partial charge on any atom is 0.257 e. The SMILES string of the molecule is O=C1[C@@H]2CS[C@@H](c3ccc(Br)cc3)N2C(=S)N1c1ccc(F)cc1. The molecule has 2 atom stereocenters. The number of anilines is 1. The Morgan fingerprint density at radius 3 is 2.46 bits per heavy atom. The van der Waals surface area contributed by atoms with Crippen molar-refractivity contribution in [2.45, 2.75) is 11.4 Å². The van der Waals surface area contributed by atoms with E-state index in [9.17, 15) is 9.18 Å². The lowest BCUT2D eigenvalue weighted by atomic mass is 10.2. The van der Waals surface area contributed by atoms with Gasteiger partial charge in [0.1, 0.15) is 17.2 Å². The lowest BCUT2D eigenvalue weighted by molar-refractivity contribution is -0.119. The third-order valence-corrected chi connectivity index (χ3v) is 6.40. The zero-order chi connectivity index (χ0) is 16.8. The first kappa shape index (κ1) is 16.1. The highest BCUT2D eigenvalue weighted by atomic mass is 79.9. The Balaban J connectivity index is 1.67. The van der Waals surface area contributed by atoms with Gasteiger partial charge >= 0.3 is 0 Å². The Hall–Kier alpha value is -1.44. The van der Waals surface area contributed by atoms with Crippen LogP contribution < -0.4 is 4.90 Å². The molecule has 0 N–H and O–H groups in total. The molecule has 1 amide bonds. The second-order valence-corrected chi connectivity index (χ2v) is 7.99. The summed E-state index contributed by atoms with van der Waals surface area (Å²) in [6.07, 6.45) is 0. The topological polar surface area (TPSA) is 23.6 Å². The summed E-state index contributed by atoms with van der Waals surface area (Å²) < 4.78 is 14.2. The molecule has 2 aromatic carbocycles. The number of rotatable bonds is 2.